The molecule has 0 aliphatic carbocycles. The minimum absolute atomic E-state index is 0.00612. The maximum atomic E-state index is 10.6. The summed E-state index contributed by atoms with van der Waals surface area (Å²) in [5.74, 6) is -0.00612. The van der Waals surface area contributed by atoms with Gasteiger partial charge in [0.1, 0.15) is 4.34 Å². The van der Waals surface area contributed by atoms with Crippen LogP contribution in [0.25, 0.3) is 6.08 Å². The molecule has 0 saturated heterocycles. The van der Waals surface area contributed by atoms with E-state index in [1.807, 2.05) is 0 Å². The van der Waals surface area contributed by atoms with E-state index in [0.717, 1.165) is 5.56 Å². The fourth-order valence-corrected chi connectivity index (χ4v) is 2.11. The monoisotopic (exact) mass is 220 g/mol. The van der Waals surface area contributed by atoms with Crippen LogP contribution in [0.4, 0.5) is 0 Å². The van der Waals surface area contributed by atoms with Gasteiger partial charge in [-0.05, 0) is 25.1 Å². The Hall–Kier alpha value is -0.310. The van der Waals surface area contributed by atoms with E-state index in [4.69, 9.17) is 23.2 Å². The van der Waals surface area contributed by atoms with Gasteiger partial charge in [0.05, 0.1) is 4.34 Å². The van der Waals surface area contributed by atoms with Crippen LogP contribution in [0.15, 0.2) is 12.1 Å². The molecule has 1 aromatic heterocycles. The van der Waals surface area contributed by atoms with E-state index in [-0.39, 0.29) is 5.78 Å². The summed E-state index contributed by atoms with van der Waals surface area (Å²) >= 11 is 12.8. The van der Waals surface area contributed by atoms with E-state index in [0.29, 0.717) is 8.67 Å². The molecule has 0 aromatic carbocycles. The predicted molar refractivity (Wildman–Crippen MR) is 54.1 cm³/mol. The Morgan fingerprint density at radius 3 is 2.67 bits per heavy atom. The van der Waals surface area contributed by atoms with Crippen molar-refractivity contribution < 1.29 is 4.79 Å². The molecule has 0 aliphatic heterocycles. The van der Waals surface area contributed by atoms with Gasteiger partial charge in [0, 0.05) is 5.56 Å². The maximum absolute atomic E-state index is 10.6. The van der Waals surface area contributed by atoms with Crippen LogP contribution >= 0.6 is 34.5 Å². The molecule has 12 heavy (non-hydrogen) atoms. The molecule has 0 spiro atoms. The van der Waals surface area contributed by atoms with Crippen LogP contribution in [0.2, 0.25) is 8.67 Å². The third kappa shape index (κ3) is 2.63. The van der Waals surface area contributed by atoms with Crippen LogP contribution in [0, 0.1) is 0 Å². The second-order valence-corrected chi connectivity index (χ2v) is 4.51. The topological polar surface area (TPSA) is 17.1 Å². The number of allylic oxidation sites excluding steroid dienone is 1. The van der Waals surface area contributed by atoms with E-state index < -0.39 is 0 Å². The lowest BCUT2D eigenvalue weighted by molar-refractivity contribution is -0.112. The summed E-state index contributed by atoms with van der Waals surface area (Å²) in [7, 11) is 0. The molecule has 0 aliphatic rings. The zero-order valence-electron chi connectivity index (χ0n) is 6.30. The third-order valence-electron chi connectivity index (χ3n) is 1.18. The minimum atomic E-state index is -0.00612. The van der Waals surface area contributed by atoms with Crippen molar-refractivity contribution in [1.29, 1.82) is 0 Å². The number of hydrogen-bond acceptors (Lipinski definition) is 2. The van der Waals surface area contributed by atoms with Crippen LogP contribution in [0.3, 0.4) is 0 Å². The van der Waals surface area contributed by atoms with E-state index in [1.54, 1.807) is 12.1 Å². The summed E-state index contributed by atoms with van der Waals surface area (Å²) in [6.45, 7) is 1.48. The molecule has 0 amide bonds. The molecule has 0 saturated carbocycles. The average Bonchev–Trinajstić information content (AvgIpc) is 2.26. The van der Waals surface area contributed by atoms with Gasteiger partial charge in [0.25, 0.3) is 0 Å². The van der Waals surface area contributed by atoms with Crippen LogP contribution in [0.5, 0.6) is 0 Å². The number of rotatable bonds is 2. The van der Waals surface area contributed by atoms with Gasteiger partial charge in [-0.1, -0.05) is 23.2 Å². The summed E-state index contributed by atoms with van der Waals surface area (Å²) in [5.41, 5.74) is 0.793. The largest absolute Gasteiger partial charge is 0.295 e. The molecule has 1 aromatic rings. The van der Waals surface area contributed by atoms with Crippen LogP contribution in [-0.4, -0.2) is 5.78 Å². The molecule has 0 N–H and O–H groups in total. The Kier molecular flexibility index (Phi) is 3.32. The number of thiophene rings is 1. The summed E-state index contributed by atoms with van der Waals surface area (Å²) in [6.07, 6.45) is 3.12. The minimum Gasteiger partial charge on any atom is -0.295 e. The SMILES string of the molecule is CC(=O)/C=C/c1cc(Cl)sc1Cl. The van der Waals surface area contributed by atoms with Crippen molar-refractivity contribution in [2.24, 2.45) is 0 Å². The molecule has 0 unspecified atom stereocenters. The first kappa shape index (κ1) is 9.78. The summed E-state index contributed by atoms with van der Waals surface area (Å²) < 4.78 is 1.24. The van der Waals surface area contributed by atoms with Crippen LogP contribution in [-0.2, 0) is 4.79 Å². The molecule has 1 heterocycles. The lowest BCUT2D eigenvalue weighted by Crippen LogP contribution is -1.78. The van der Waals surface area contributed by atoms with Gasteiger partial charge in [-0.15, -0.1) is 11.3 Å². The zero-order valence-corrected chi connectivity index (χ0v) is 8.63. The molecule has 0 fully saturated rings. The quantitative estimate of drug-likeness (QED) is 0.696. The van der Waals surface area contributed by atoms with Crippen molar-refractivity contribution in [3.63, 3.8) is 0 Å². The molecule has 1 nitrogen and oxygen atoms in total. The number of carbonyl (C=O) groups excluding carboxylic acids is 1. The molecule has 0 bridgehead atoms. The van der Waals surface area contributed by atoms with Gasteiger partial charge in [0.15, 0.2) is 5.78 Å². The Bertz CT molecular complexity index is 328. The Balaban J connectivity index is 2.89. The number of hydrogen-bond donors (Lipinski definition) is 0. The molecule has 4 heteroatoms. The van der Waals surface area contributed by atoms with Gasteiger partial charge in [-0.2, -0.15) is 0 Å². The van der Waals surface area contributed by atoms with Crippen LogP contribution < -0.4 is 0 Å². The number of ketones is 1. The van der Waals surface area contributed by atoms with E-state index in [2.05, 4.69) is 0 Å². The van der Waals surface area contributed by atoms with Crippen molar-refractivity contribution >= 4 is 46.4 Å². The van der Waals surface area contributed by atoms with Gasteiger partial charge < -0.3 is 0 Å². The van der Waals surface area contributed by atoms with Crippen molar-refractivity contribution in [2.75, 3.05) is 0 Å². The number of halogens is 2. The Morgan fingerprint density at radius 1 is 1.58 bits per heavy atom. The van der Waals surface area contributed by atoms with Crippen molar-refractivity contribution in [1.82, 2.24) is 0 Å². The molecular weight excluding hydrogens is 215 g/mol. The lowest BCUT2D eigenvalue weighted by atomic mass is 10.3. The molecular formula is C8H6Cl2OS. The molecule has 0 radical (unpaired) electrons. The van der Waals surface area contributed by atoms with Crippen LogP contribution in [0.1, 0.15) is 12.5 Å². The van der Waals surface area contributed by atoms with Crippen molar-refractivity contribution in [2.45, 2.75) is 6.92 Å². The molecule has 1 rings (SSSR count). The van der Waals surface area contributed by atoms with Gasteiger partial charge in [-0.3, -0.25) is 4.79 Å². The first-order valence-corrected chi connectivity index (χ1v) is 4.80. The van der Waals surface area contributed by atoms with Crippen molar-refractivity contribution in [3.8, 4) is 0 Å². The second kappa shape index (κ2) is 4.08. The molecule has 0 atom stereocenters. The van der Waals surface area contributed by atoms with Gasteiger partial charge in [0.2, 0.25) is 0 Å². The van der Waals surface area contributed by atoms with E-state index in [1.165, 1.54) is 24.3 Å². The highest BCUT2D eigenvalue weighted by molar-refractivity contribution is 7.20. The first-order chi connectivity index (χ1) is 5.59. The highest BCUT2D eigenvalue weighted by atomic mass is 35.5. The summed E-state index contributed by atoms with van der Waals surface area (Å²) in [4.78, 5) is 10.6. The fourth-order valence-electron chi connectivity index (χ4n) is 0.674. The van der Waals surface area contributed by atoms with Crippen molar-refractivity contribution in [3.05, 3.63) is 26.4 Å². The molecule has 64 valence electrons. The Morgan fingerprint density at radius 2 is 2.25 bits per heavy atom. The zero-order chi connectivity index (χ0) is 9.14. The van der Waals surface area contributed by atoms with Gasteiger partial charge >= 0.3 is 0 Å². The first-order valence-electron chi connectivity index (χ1n) is 3.23. The number of carbonyl (C=O) groups is 1. The van der Waals surface area contributed by atoms with E-state index in [9.17, 15) is 4.79 Å². The summed E-state index contributed by atoms with van der Waals surface area (Å²) in [6, 6.07) is 1.73. The summed E-state index contributed by atoms with van der Waals surface area (Å²) in [5, 5.41) is 0. The average molecular weight is 221 g/mol. The maximum Gasteiger partial charge on any atom is 0.152 e. The highest BCUT2D eigenvalue weighted by Crippen LogP contribution is 2.31. The predicted octanol–water partition coefficient (Wildman–Crippen LogP) is 3.66. The normalized spacial score (nSPS) is 10.9. The second-order valence-electron chi connectivity index (χ2n) is 2.22. The van der Waals surface area contributed by atoms with E-state index >= 15 is 0 Å². The third-order valence-corrected chi connectivity index (χ3v) is 2.70. The highest BCUT2D eigenvalue weighted by Gasteiger charge is 2.01. The lowest BCUT2D eigenvalue weighted by Gasteiger charge is -1.84. The smallest absolute Gasteiger partial charge is 0.152 e. The Labute approximate surface area is 84.6 Å². The fraction of sp³-hybridized carbons (Fsp3) is 0.125. The standard InChI is InChI=1S/C8H6Cl2OS/c1-5(11)2-3-6-4-7(9)12-8(6)10/h2-4H,1H3/b3-2+. The van der Waals surface area contributed by atoms with Gasteiger partial charge in [-0.25, -0.2) is 0 Å².